The molecule has 2 aromatic carbocycles. The zero-order valence-corrected chi connectivity index (χ0v) is 10.7. The van der Waals surface area contributed by atoms with Crippen molar-refractivity contribution < 1.29 is 4.79 Å². The van der Waals surface area contributed by atoms with Crippen LogP contribution in [-0.2, 0) is 0 Å². The van der Waals surface area contributed by atoms with Gasteiger partial charge in [0, 0.05) is 23.8 Å². The van der Waals surface area contributed by atoms with E-state index in [9.17, 15) is 4.79 Å². The molecule has 3 rings (SSSR count). The lowest BCUT2D eigenvalue weighted by atomic mass is 10.2. The number of aromatic nitrogens is 2. The Bertz CT molecular complexity index is 639. The maximum atomic E-state index is 12.6. The van der Waals surface area contributed by atoms with Gasteiger partial charge in [-0.05, 0) is 24.3 Å². The Kier molecular flexibility index (Phi) is 3.29. The maximum absolute atomic E-state index is 12.6. The second-order valence-corrected chi connectivity index (χ2v) is 4.25. The number of carbonyl (C=O) groups excluding carboxylic acids is 1. The normalized spacial score (nSPS) is 10.2. The number of hydrogen-bond donors (Lipinski definition) is 1. The van der Waals surface area contributed by atoms with Crippen LogP contribution in [0.1, 0.15) is 10.6 Å². The lowest BCUT2D eigenvalue weighted by Crippen LogP contribution is -2.26. The Labute approximate surface area is 116 Å². The molecule has 1 heterocycles. The Morgan fingerprint density at radius 1 is 0.900 bits per heavy atom. The first-order valence-corrected chi connectivity index (χ1v) is 6.30. The molecule has 1 aromatic heterocycles. The predicted molar refractivity (Wildman–Crippen MR) is 77.9 cm³/mol. The van der Waals surface area contributed by atoms with Crippen LogP contribution >= 0.6 is 0 Å². The summed E-state index contributed by atoms with van der Waals surface area (Å²) in [6.45, 7) is 0. The highest BCUT2D eigenvalue weighted by atomic mass is 16.2. The zero-order valence-electron chi connectivity index (χ0n) is 10.7. The molecule has 4 nitrogen and oxygen atoms in total. The number of amides is 1. The lowest BCUT2D eigenvalue weighted by molar-refractivity contribution is 0.0990. The summed E-state index contributed by atoms with van der Waals surface area (Å²) in [7, 11) is 0. The maximum Gasteiger partial charge on any atom is 0.298 e. The molecule has 0 aliphatic rings. The van der Waals surface area contributed by atoms with Crippen molar-refractivity contribution in [1.29, 1.82) is 0 Å². The van der Waals surface area contributed by atoms with Gasteiger partial charge in [-0.2, -0.15) is 0 Å². The fourth-order valence-corrected chi connectivity index (χ4v) is 2.03. The minimum absolute atomic E-state index is 0.188. The van der Waals surface area contributed by atoms with Crippen molar-refractivity contribution in [2.24, 2.45) is 0 Å². The SMILES string of the molecule is O=C(c1ncc[nH]1)N(c1ccccc1)c1ccccc1. The average Bonchev–Trinajstić information content (AvgIpc) is 3.04. The molecule has 20 heavy (non-hydrogen) atoms. The van der Waals surface area contributed by atoms with Gasteiger partial charge in [0.1, 0.15) is 0 Å². The van der Waals surface area contributed by atoms with Gasteiger partial charge in [0.2, 0.25) is 0 Å². The van der Waals surface area contributed by atoms with Gasteiger partial charge >= 0.3 is 0 Å². The highest BCUT2D eigenvalue weighted by Gasteiger charge is 2.21. The summed E-state index contributed by atoms with van der Waals surface area (Å²) < 4.78 is 0. The number of rotatable bonds is 3. The number of H-pyrrole nitrogens is 1. The molecule has 0 aliphatic carbocycles. The van der Waals surface area contributed by atoms with Gasteiger partial charge in [-0.3, -0.25) is 9.69 Å². The van der Waals surface area contributed by atoms with Crippen molar-refractivity contribution in [3.05, 3.63) is 78.9 Å². The van der Waals surface area contributed by atoms with Gasteiger partial charge in [-0.1, -0.05) is 36.4 Å². The van der Waals surface area contributed by atoms with Crippen molar-refractivity contribution in [2.75, 3.05) is 4.90 Å². The van der Waals surface area contributed by atoms with Crippen molar-refractivity contribution in [1.82, 2.24) is 9.97 Å². The third-order valence-corrected chi connectivity index (χ3v) is 2.93. The quantitative estimate of drug-likeness (QED) is 0.787. The van der Waals surface area contributed by atoms with E-state index >= 15 is 0 Å². The largest absolute Gasteiger partial charge is 0.341 e. The minimum atomic E-state index is -0.188. The summed E-state index contributed by atoms with van der Waals surface area (Å²) in [5, 5.41) is 0. The first-order valence-electron chi connectivity index (χ1n) is 6.30. The molecule has 3 aromatic rings. The van der Waals surface area contributed by atoms with Gasteiger partial charge in [-0.15, -0.1) is 0 Å². The molecule has 98 valence electrons. The Morgan fingerprint density at radius 3 is 1.90 bits per heavy atom. The molecular formula is C16H13N3O. The van der Waals surface area contributed by atoms with E-state index in [0.29, 0.717) is 5.82 Å². The van der Waals surface area contributed by atoms with E-state index in [1.54, 1.807) is 17.3 Å². The molecule has 0 saturated heterocycles. The molecule has 0 bridgehead atoms. The second kappa shape index (κ2) is 5.40. The smallest absolute Gasteiger partial charge is 0.298 e. The number of hydrogen-bond acceptors (Lipinski definition) is 2. The molecule has 4 heteroatoms. The van der Waals surface area contributed by atoms with Crippen molar-refractivity contribution in [2.45, 2.75) is 0 Å². The highest BCUT2D eigenvalue weighted by molar-refractivity contribution is 6.08. The number of para-hydroxylation sites is 2. The van der Waals surface area contributed by atoms with Crippen molar-refractivity contribution >= 4 is 17.3 Å². The number of benzene rings is 2. The summed E-state index contributed by atoms with van der Waals surface area (Å²) in [6, 6.07) is 19.0. The van der Waals surface area contributed by atoms with Crippen molar-refractivity contribution in [3.8, 4) is 0 Å². The van der Waals surface area contributed by atoms with Gasteiger partial charge in [0.05, 0.1) is 0 Å². The minimum Gasteiger partial charge on any atom is -0.341 e. The van der Waals surface area contributed by atoms with Crippen LogP contribution < -0.4 is 4.90 Å². The van der Waals surface area contributed by atoms with Gasteiger partial charge in [-0.25, -0.2) is 4.98 Å². The fourth-order valence-electron chi connectivity index (χ4n) is 2.03. The Hall–Kier alpha value is -2.88. The van der Waals surface area contributed by atoms with Crippen LogP contribution in [0, 0.1) is 0 Å². The van der Waals surface area contributed by atoms with E-state index in [1.807, 2.05) is 60.7 Å². The van der Waals surface area contributed by atoms with Gasteiger partial charge < -0.3 is 4.98 Å². The highest BCUT2D eigenvalue weighted by Crippen LogP contribution is 2.26. The average molecular weight is 263 g/mol. The number of imidazole rings is 1. The van der Waals surface area contributed by atoms with E-state index in [4.69, 9.17) is 0 Å². The Morgan fingerprint density at radius 2 is 1.45 bits per heavy atom. The van der Waals surface area contributed by atoms with Gasteiger partial charge in [0.15, 0.2) is 5.82 Å². The molecule has 0 aliphatic heterocycles. The molecule has 0 fully saturated rings. The predicted octanol–water partition coefficient (Wildman–Crippen LogP) is 3.39. The molecule has 0 spiro atoms. The molecule has 0 radical (unpaired) electrons. The first-order chi connectivity index (χ1) is 9.86. The van der Waals surface area contributed by atoms with E-state index in [0.717, 1.165) is 11.4 Å². The summed E-state index contributed by atoms with van der Waals surface area (Å²) in [4.78, 5) is 21.2. The fraction of sp³-hybridized carbons (Fsp3) is 0. The van der Waals surface area contributed by atoms with Gasteiger partial charge in [0.25, 0.3) is 5.91 Å². The third kappa shape index (κ3) is 2.31. The first kappa shape index (κ1) is 12.2. The summed E-state index contributed by atoms with van der Waals surface area (Å²) >= 11 is 0. The molecule has 0 unspecified atom stereocenters. The standard InChI is InChI=1S/C16H13N3O/c20-16(15-17-11-12-18-15)19(13-7-3-1-4-8-13)14-9-5-2-6-10-14/h1-12H,(H,17,18). The Balaban J connectivity index is 2.07. The van der Waals surface area contributed by atoms with Crippen LogP contribution in [0.5, 0.6) is 0 Å². The van der Waals surface area contributed by atoms with Crippen LogP contribution in [0.15, 0.2) is 73.1 Å². The molecule has 0 atom stereocenters. The number of nitrogens with one attached hydrogen (secondary N) is 1. The van der Waals surface area contributed by atoms with Crippen LogP contribution in [0.4, 0.5) is 11.4 Å². The molecule has 1 amide bonds. The van der Waals surface area contributed by atoms with Crippen LogP contribution in [0.2, 0.25) is 0 Å². The van der Waals surface area contributed by atoms with Crippen LogP contribution in [0.3, 0.4) is 0 Å². The second-order valence-electron chi connectivity index (χ2n) is 4.25. The van der Waals surface area contributed by atoms with E-state index < -0.39 is 0 Å². The molecular weight excluding hydrogens is 250 g/mol. The van der Waals surface area contributed by atoms with E-state index in [2.05, 4.69) is 9.97 Å². The number of anilines is 2. The van der Waals surface area contributed by atoms with Crippen LogP contribution in [-0.4, -0.2) is 15.9 Å². The number of nitrogens with zero attached hydrogens (tertiary/aromatic N) is 2. The monoisotopic (exact) mass is 263 g/mol. The third-order valence-electron chi connectivity index (χ3n) is 2.93. The zero-order chi connectivity index (χ0) is 13.8. The van der Waals surface area contributed by atoms with Crippen LogP contribution in [0.25, 0.3) is 0 Å². The van der Waals surface area contributed by atoms with E-state index in [-0.39, 0.29) is 5.91 Å². The summed E-state index contributed by atoms with van der Waals surface area (Å²) in [6.07, 6.45) is 3.21. The number of aromatic amines is 1. The lowest BCUT2D eigenvalue weighted by Gasteiger charge is -2.21. The topological polar surface area (TPSA) is 49.0 Å². The summed E-state index contributed by atoms with van der Waals surface area (Å²) in [5.41, 5.74) is 1.61. The van der Waals surface area contributed by atoms with Crippen molar-refractivity contribution in [3.63, 3.8) is 0 Å². The number of carbonyl (C=O) groups is 1. The van der Waals surface area contributed by atoms with E-state index in [1.165, 1.54) is 0 Å². The molecule has 1 N–H and O–H groups in total. The summed E-state index contributed by atoms with van der Waals surface area (Å²) in [5.74, 6) is 0.130. The molecule has 0 saturated carbocycles.